The van der Waals surface area contributed by atoms with Crippen LogP contribution in [0.25, 0.3) is 0 Å². The minimum atomic E-state index is -0.113. The molecular weight excluding hydrogens is 155 g/mol. The fourth-order valence-electron chi connectivity index (χ4n) is 1.49. The maximum absolute atomic E-state index is 13.0. The summed E-state index contributed by atoms with van der Waals surface area (Å²) in [5, 5.41) is 0. The van der Waals surface area contributed by atoms with Crippen molar-refractivity contribution in [2.24, 2.45) is 5.73 Å². The molecule has 0 aromatic heterocycles. The quantitative estimate of drug-likeness (QED) is 0.680. The van der Waals surface area contributed by atoms with E-state index in [9.17, 15) is 4.39 Å². The van der Waals surface area contributed by atoms with Crippen LogP contribution in [0.15, 0.2) is 11.4 Å². The first-order valence-corrected chi connectivity index (χ1v) is 4.45. The minimum Gasteiger partial charge on any atom is -0.325 e. The zero-order valence-electron chi connectivity index (χ0n) is 7.81. The largest absolute Gasteiger partial charge is 0.325 e. The van der Waals surface area contributed by atoms with Crippen molar-refractivity contribution in [2.45, 2.75) is 26.3 Å². The summed E-state index contributed by atoms with van der Waals surface area (Å²) < 4.78 is 13.0. The van der Waals surface area contributed by atoms with E-state index in [1.165, 1.54) is 0 Å². The molecule has 0 aliphatic carbocycles. The fraction of sp³-hybridized carbons (Fsp3) is 0.778. The van der Waals surface area contributed by atoms with E-state index in [2.05, 4.69) is 18.7 Å². The Hall–Kier alpha value is -0.410. The van der Waals surface area contributed by atoms with Gasteiger partial charge in [-0.3, -0.25) is 4.90 Å². The summed E-state index contributed by atoms with van der Waals surface area (Å²) in [6.07, 6.45) is 0.848. The van der Waals surface area contributed by atoms with E-state index in [1.807, 2.05) is 0 Å². The first-order chi connectivity index (χ1) is 5.65. The highest BCUT2D eigenvalue weighted by Gasteiger charge is 2.21. The minimum absolute atomic E-state index is 0.0568. The predicted octanol–water partition coefficient (Wildman–Crippen LogP) is 1.28. The Kier molecular flexibility index (Phi) is 3.23. The number of rotatable bonds is 2. The van der Waals surface area contributed by atoms with Crippen molar-refractivity contribution >= 4 is 0 Å². The highest BCUT2D eigenvalue weighted by atomic mass is 19.1. The van der Waals surface area contributed by atoms with E-state index >= 15 is 0 Å². The Balaban J connectivity index is 2.56. The molecule has 0 radical (unpaired) electrons. The number of nitrogens with two attached hydrogens (primary N) is 1. The van der Waals surface area contributed by atoms with Gasteiger partial charge in [-0.05, 0) is 25.8 Å². The Morgan fingerprint density at radius 2 is 2.33 bits per heavy atom. The Bertz CT molecular complexity index is 187. The highest BCUT2D eigenvalue weighted by molar-refractivity contribution is 5.15. The van der Waals surface area contributed by atoms with Crippen LogP contribution in [-0.4, -0.2) is 30.6 Å². The standard InChI is InChI=1S/C9H17FN2/c1-7(2)12-4-3-8(6-12)9(10)5-11/h7H,3-6,11H2,1-2H3/b9-8+. The van der Waals surface area contributed by atoms with Crippen molar-refractivity contribution in [1.82, 2.24) is 4.90 Å². The topological polar surface area (TPSA) is 29.3 Å². The molecule has 1 heterocycles. The molecule has 3 heteroatoms. The lowest BCUT2D eigenvalue weighted by molar-refractivity contribution is 0.280. The van der Waals surface area contributed by atoms with Crippen molar-refractivity contribution in [2.75, 3.05) is 19.6 Å². The molecule has 0 amide bonds. The van der Waals surface area contributed by atoms with Gasteiger partial charge in [-0.15, -0.1) is 0 Å². The SMILES string of the molecule is CC(C)N1CC/C(=C(\F)CN)C1. The molecule has 1 saturated heterocycles. The second kappa shape index (κ2) is 4.01. The van der Waals surface area contributed by atoms with E-state index in [-0.39, 0.29) is 12.4 Å². The average Bonchev–Trinajstić information content (AvgIpc) is 2.51. The van der Waals surface area contributed by atoms with E-state index in [4.69, 9.17) is 5.73 Å². The van der Waals surface area contributed by atoms with Crippen molar-refractivity contribution in [3.63, 3.8) is 0 Å². The van der Waals surface area contributed by atoms with Crippen LogP contribution in [0.4, 0.5) is 4.39 Å². The van der Waals surface area contributed by atoms with Crippen LogP contribution in [0.5, 0.6) is 0 Å². The molecule has 0 spiro atoms. The third-order valence-corrected chi connectivity index (χ3v) is 2.39. The molecule has 0 saturated carbocycles. The maximum atomic E-state index is 13.0. The third-order valence-electron chi connectivity index (χ3n) is 2.39. The summed E-state index contributed by atoms with van der Waals surface area (Å²) >= 11 is 0. The van der Waals surface area contributed by atoms with Gasteiger partial charge in [0.25, 0.3) is 0 Å². The number of halogens is 1. The molecule has 0 bridgehead atoms. The van der Waals surface area contributed by atoms with Gasteiger partial charge < -0.3 is 5.73 Å². The Morgan fingerprint density at radius 3 is 2.75 bits per heavy atom. The van der Waals surface area contributed by atoms with Gasteiger partial charge >= 0.3 is 0 Å². The molecule has 1 aliphatic heterocycles. The number of nitrogens with zero attached hydrogens (tertiary/aromatic N) is 1. The zero-order chi connectivity index (χ0) is 9.14. The second-order valence-corrected chi connectivity index (χ2v) is 3.53. The smallest absolute Gasteiger partial charge is 0.114 e. The molecular formula is C9H17FN2. The van der Waals surface area contributed by atoms with E-state index in [0.29, 0.717) is 6.04 Å². The predicted molar refractivity (Wildman–Crippen MR) is 48.5 cm³/mol. The first kappa shape index (κ1) is 9.68. The molecule has 1 aliphatic rings. The van der Waals surface area contributed by atoms with Crippen LogP contribution in [0.3, 0.4) is 0 Å². The van der Waals surface area contributed by atoms with Crippen molar-refractivity contribution in [3.05, 3.63) is 11.4 Å². The molecule has 0 aromatic rings. The zero-order valence-corrected chi connectivity index (χ0v) is 7.81. The van der Waals surface area contributed by atoms with E-state index in [1.54, 1.807) is 0 Å². The van der Waals surface area contributed by atoms with Crippen LogP contribution in [-0.2, 0) is 0 Å². The van der Waals surface area contributed by atoms with Gasteiger partial charge in [0.15, 0.2) is 0 Å². The third kappa shape index (κ3) is 2.05. The molecule has 1 rings (SSSR count). The van der Waals surface area contributed by atoms with Crippen molar-refractivity contribution in [1.29, 1.82) is 0 Å². The number of hydrogen-bond acceptors (Lipinski definition) is 2. The van der Waals surface area contributed by atoms with Gasteiger partial charge in [-0.1, -0.05) is 0 Å². The monoisotopic (exact) mass is 172 g/mol. The average molecular weight is 172 g/mol. The Morgan fingerprint density at radius 1 is 1.67 bits per heavy atom. The molecule has 1 fully saturated rings. The lowest BCUT2D eigenvalue weighted by Crippen LogP contribution is -2.27. The Labute approximate surface area is 73.2 Å². The molecule has 0 unspecified atom stereocenters. The normalized spacial score (nSPS) is 23.8. The summed E-state index contributed by atoms with van der Waals surface area (Å²) in [5.74, 6) is -0.113. The van der Waals surface area contributed by atoms with Crippen molar-refractivity contribution < 1.29 is 4.39 Å². The van der Waals surface area contributed by atoms with E-state index < -0.39 is 0 Å². The molecule has 2 nitrogen and oxygen atoms in total. The van der Waals surface area contributed by atoms with E-state index in [0.717, 1.165) is 25.1 Å². The maximum Gasteiger partial charge on any atom is 0.114 e. The lowest BCUT2D eigenvalue weighted by atomic mass is 10.2. The van der Waals surface area contributed by atoms with Gasteiger partial charge in [-0.2, -0.15) is 0 Å². The van der Waals surface area contributed by atoms with Crippen LogP contribution in [0.1, 0.15) is 20.3 Å². The second-order valence-electron chi connectivity index (χ2n) is 3.53. The van der Waals surface area contributed by atoms with Gasteiger partial charge in [0.1, 0.15) is 5.83 Å². The number of likely N-dealkylation sites (tertiary alicyclic amines) is 1. The summed E-state index contributed by atoms with van der Waals surface area (Å²) in [7, 11) is 0. The van der Waals surface area contributed by atoms with Gasteiger partial charge in [-0.25, -0.2) is 4.39 Å². The van der Waals surface area contributed by atoms with Crippen LogP contribution in [0, 0.1) is 0 Å². The first-order valence-electron chi connectivity index (χ1n) is 4.45. The van der Waals surface area contributed by atoms with Crippen LogP contribution < -0.4 is 5.73 Å². The van der Waals surface area contributed by atoms with Gasteiger partial charge in [0.2, 0.25) is 0 Å². The van der Waals surface area contributed by atoms with Crippen molar-refractivity contribution in [3.8, 4) is 0 Å². The highest BCUT2D eigenvalue weighted by Crippen LogP contribution is 2.20. The van der Waals surface area contributed by atoms with Gasteiger partial charge in [0.05, 0.1) is 0 Å². The van der Waals surface area contributed by atoms with Crippen LogP contribution >= 0.6 is 0 Å². The summed E-state index contributed by atoms with van der Waals surface area (Å²) in [4.78, 5) is 2.25. The molecule has 0 aromatic carbocycles. The summed E-state index contributed by atoms with van der Waals surface area (Å²) in [6, 6.07) is 0.507. The lowest BCUT2D eigenvalue weighted by Gasteiger charge is -2.18. The van der Waals surface area contributed by atoms with Gasteiger partial charge in [0, 0.05) is 25.7 Å². The summed E-state index contributed by atoms with van der Waals surface area (Å²) in [5.41, 5.74) is 6.12. The molecule has 0 atom stereocenters. The van der Waals surface area contributed by atoms with Crippen LogP contribution in [0.2, 0.25) is 0 Å². The number of hydrogen-bond donors (Lipinski definition) is 1. The molecule has 70 valence electrons. The fourth-order valence-corrected chi connectivity index (χ4v) is 1.49. The molecule has 12 heavy (non-hydrogen) atoms. The molecule has 2 N–H and O–H groups in total. The summed E-state index contributed by atoms with van der Waals surface area (Å²) in [6.45, 7) is 6.05.